The van der Waals surface area contributed by atoms with Crippen LogP contribution in [0, 0.1) is 0 Å². The molecule has 1 nitrogen and oxygen atoms in total. The maximum Gasteiger partial charge on any atom is 0.192 e. The highest BCUT2D eigenvalue weighted by Gasteiger charge is 2.38. The molecular formula is C16H36OSi. The van der Waals surface area contributed by atoms with Crippen LogP contribution in [-0.4, -0.2) is 14.4 Å². The highest BCUT2D eigenvalue weighted by Crippen LogP contribution is 2.37. The lowest BCUT2D eigenvalue weighted by molar-refractivity contribution is 0.185. The van der Waals surface area contributed by atoms with Crippen molar-refractivity contribution in [2.24, 2.45) is 0 Å². The molecule has 110 valence electrons. The van der Waals surface area contributed by atoms with Crippen molar-refractivity contribution >= 4 is 8.32 Å². The Kier molecular flexibility index (Phi) is 8.45. The molecule has 0 aromatic rings. The molecule has 0 aromatic carbocycles. The third kappa shape index (κ3) is 7.58. The van der Waals surface area contributed by atoms with Gasteiger partial charge in [-0.2, -0.15) is 0 Å². The number of rotatable bonds is 9. The fourth-order valence-electron chi connectivity index (χ4n) is 1.95. The van der Waals surface area contributed by atoms with Crippen molar-refractivity contribution in [2.45, 2.75) is 104 Å². The van der Waals surface area contributed by atoms with Crippen LogP contribution in [0.1, 0.15) is 79.6 Å². The largest absolute Gasteiger partial charge is 0.414 e. The molecule has 0 saturated heterocycles. The third-order valence-electron chi connectivity index (χ3n) is 4.27. The van der Waals surface area contributed by atoms with E-state index in [0.717, 1.165) is 0 Å². The summed E-state index contributed by atoms with van der Waals surface area (Å²) in [6, 6.07) is 0. The zero-order valence-corrected chi connectivity index (χ0v) is 14.9. The van der Waals surface area contributed by atoms with Crippen LogP contribution in [0.5, 0.6) is 0 Å². The molecule has 0 spiro atoms. The monoisotopic (exact) mass is 272 g/mol. The Morgan fingerprint density at radius 1 is 0.944 bits per heavy atom. The van der Waals surface area contributed by atoms with Crippen LogP contribution in [0.4, 0.5) is 0 Å². The molecule has 0 fully saturated rings. The van der Waals surface area contributed by atoms with E-state index in [1.54, 1.807) is 0 Å². The summed E-state index contributed by atoms with van der Waals surface area (Å²) in [5.41, 5.74) is 0. The Labute approximate surface area is 117 Å². The van der Waals surface area contributed by atoms with Gasteiger partial charge in [0.15, 0.2) is 8.32 Å². The zero-order chi connectivity index (χ0) is 14.2. The Bertz CT molecular complexity index is 206. The highest BCUT2D eigenvalue weighted by molar-refractivity contribution is 6.74. The summed E-state index contributed by atoms with van der Waals surface area (Å²) in [6.07, 6.45) is 9.94. The predicted octanol–water partition coefficient (Wildman–Crippen LogP) is 6.15. The summed E-state index contributed by atoms with van der Waals surface area (Å²) in [4.78, 5) is 0. The lowest BCUT2D eigenvalue weighted by Gasteiger charge is -2.38. The molecule has 2 heteroatoms. The van der Waals surface area contributed by atoms with Crippen molar-refractivity contribution in [1.82, 2.24) is 0 Å². The van der Waals surface area contributed by atoms with E-state index in [4.69, 9.17) is 4.43 Å². The van der Waals surface area contributed by atoms with E-state index >= 15 is 0 Å². The van der Waals surface area contributed by atoms with E-state index in [-0.39, 0.29) is 0 Å². The van der Waals surface area contributed by atoms with Crippen molar-refractivity contribution in [3.63, 3.8) is 0 Å². The van der Waals surface area contributed by atoms with Crippen LogP contribution in [0.3, 0.4) is 0 Å². The maximum absolute atomic E-state index is 6.37. The van der Waals surface area contributed by atoms with E-state index in [1.807, 2.05) is 0 Å². The quantitative estimate of drug-likeness (QED) is 0.361. The molecule has 18 heavy (non-hydrogen) atoms. The Hall–Kier alpha value is 0.177. The summed E-state index contributed by atoms with van der Waals surface area (Å²) >= 11 is 0. The second-order valence-electron chi connectivity index (χ2n) is 7.25. The molecule has 0 aliphatic carbocycles. The third-order valence-corrected chi connectivity index (χ3v) is 8.87. The normalized spacial score (nSPS) is 14.8. The molecular weight excluding hydrogens is 236 g/mol. The molecule has 0 amide bonds. The average Bonchev–Trinajstić information content (AvgIpc) is 2.20. The van der Waals surface area contributed by atoms with E-state index in [2.05, 4.69) is 47.7 Å². The second kappa shape index (κ2) is 8.37. The van der Waals surface area contributed by atoms with Crippen molar-refractivity contribution in [3.8, 4) is 0 Å². The van der Waals surface area contributed by atoms with Crippen molar-refractivity contribution in [3.05, 3.63) is 0 Å². The van der Waals surface area contributed by atoms with Gasteiger partial charge in [0.25, 0.3) is 0 Å². The first-order valence-electron chi connectivity index (χ1n) is 7.88. The predicted molar refractivity (Wildman–Crippen MR) is 85.7 cm³/mol. The zero-order valence-electron chi connectivity index (χ0n) is 13.9. The molecule has 0 radical (unpaired) electrons. The molecule has 0 heterocycles. The molecule has 0 bridgehead atoms. The fraction of sp³-hybridized carbons (Fsp3) is 1.00. The molecule has 0 N–H and O–H groups in total. The van der Waals surface area contributed by atoms with Crippen molar-refractivity contribution in [1.29, 1.82) is 0 Å². The van der Waals surface area contributed by atoms with Crippen LogP contribution >= 0.6 is 0 Å². The highest BCUT2D eigenvalue weighted by atomic mass is 28.4. The first-order valence-corrected chi connectivity index (χ1v) is 10.8. The van der Waals surface area contributed by atoms with Gasteiger partial charge in [-0.15, -0.1) is 0 Å². The average molecular weight is 273 g/mol. The van der Waals surface area contributed by atoms with Crippen LogP contribution < -0.4 is 0 Å². The van der Waals surface area contributed by atoms with Gasteiger partial charge in [0.1, 0.15) is 0 Å². The van der Waals surface area contributed by atoms with Gasteiger partial charge in [0, 0.05) is 6.10 Å². The van der Waals surface area contributed by atoms with Gasteiger partial charge < -0.3 is 4.43 Å². The molecule has 0 aliphatic rings. The standard InChI is InChI=1S/C16H36OSi/c1-8-9-10-11-12-13-14-15(2)17-18(6,7)16(3,4)5/h15H,8-14H2,1-7H3. The lowest BCUT2D eigenvalue weighted by atomic mass is 10.1. The van der Waals surface area contributed by atoms with Crippen molar-refractivity contribution < 1.29 is 4.43 Å². The topological polar surface area (TPSA) is 9.23 Å². The minimum absolute atomic E-state index is 0.336. The molecule has 1 atom stereocenters. The Morgan fingerprint density at radius 2 is 1.44 bits per heavy atom. The Morgan fingerprint density at radius 3 is 1.94 bits per heavy atom. The fourth-order valence-corrected chi connectivity index (χ4v) is 3.43. The second-order valence-corrected chi connectivity index (χ2v) is 12.0. The van der Waals surface area contributed by atoms with Crippen LogP contribution in [0.2, 0.25) is 18.1 Å². The molecule has 0 rings (SSSR count). The molecule has 0 aromatic heterocycles. The lowest BCUT2D eigenvalue weighted by Crippen LogP contribution is -2.43. The van der Waals surface area contributed by atoms with Gasteiger partial charge >= 0.3 is 0 Å². The smallest absolute Gasteiger partial charge is 0.192 e. The van der Waals surface area contributed by atoms with Gasteiger partial charge in [-0.25, -0.2) is 0 Å². The summed E-state index contributed by atoms with van der Waals surface area (Å²) in [5.74, 6) is 0. The number of hydrogen-bond donors (Lipinski definition) is 0. The first kappa shape index (κ1) is 18.2. The number of hydrogen-bond acceptors (Lipinski definition) is 1. The summed E-state index contributed by atoms with van der Waals surface area (Å²) in [7, 11) is -1.55. The number of unbranched alkanes of at least 4 members (excludes halogenated alkanes) is 5. The van der Waals surface area contributed by atoms with Gasteiger partial charge in [-0.05, 0) is 31.5 Å². The van der Waals surface area contributed by atoms with E-state index in [0.29, 0.717) is 11.1 Å². The minimum Gasteiger partial charge on any atom is -0.414 e. The Balaban J connectivity index is 3.74. The van der Waals surface area contributed by atoms with Gasteiger partial charge in [0.2, 0.25) is 0 Å². The minimum atomic E-state index is -1.55. The van der Waals surface area contributed by atoms with E-state index < -0.39 is 8.32 Å². The van der Waals surface area contributed by atoms with Gasteiger partial charge in [-0.1, -0.05) is 66.2 Å². The molecule has 0 aliphatic heterocycles. The summed E-state index contributed by atoms with van der Waals surface area (Å²) in [6.45, 7) is 16.2. The molecule has 0 saturated carbocycles. The molecule has 1 unspecified atom stereocenters. The van der Waals surface area contributed by atoms with Crippen LogP contribution in [-0.2, 0) is 4.43 Å². The van der Waals surface area contributed by atoms with Gasteiger partial charge in [-0.3, -0.25) is 0 Å². The summed E-state index contributed by atoms with van der Waals surface area (Å²) < 4.78 is 6.37. The maximum atomic E-state index is 6.37. The van der Waals surface area contributed by atoms with Crippen LogP contribution in [0.15, 0.2) is 0 Å². The first-order chi connectivity index (χ1) is 8.20. The van der Waals surface area contributed by atoms with Gasteiger partial charge in [0.05, 0.1) is 0 Å². The van der Waals surface area contributed by atoms with Crippen molar-refractivity contribution in [2.75, 3.05) is 0 Å². The summed E-state index contributed by atoms with van der Waals surface area (Å²) in [5, 5.41) is 0.336. The SMILES string of the molecule is CCCCCCCCC(C)O[Si](C)(C)C(C)(C)C. The van der Waals surface area contributed by atoms with E-state index in [9.17, 15) is 0 Å². The van der Waals surface area contributed by atoms with E-state index in [1.165, 1.54) is 44.9 Å². The van der Waals surface area contributed by atoms with Crippen LogP contribution in [0.25, 0.3) is 0 Å².